The number of amidine groups is 1. The third-order valence-electron chi connectivity index (χ3n) is 4.08. The number of hydrogen-bond acceptors (Lipinski definition) is 5. The molecule has 0 spiro atoms. The van der Waals surface area contributed by atoms with Gasteiger partial charge in [-0.2, -0.15) is 5.10 Å². The maximum Gasteiger partial charge on any atom is 0.270 e. The van der Waals surface area contributed by atoms with E-state index in [-0.39, 0.29) is 5.69 Å². The van der Waals surface area contributed by atoms with Crippen LogP contribution in [0.4, 0.5) is 11.4 Å². The van der Waals surface area contributed by atoms with Gasteiger partial charge in [-0.05, 0) is 24.3 Å². The lowest BCUT2D eigenvalue weighted by Crippen LogP contribution is -2.20. The lowest BCUT2D eigenvalue weighted by Gasteiger charge is -2.03. The van der Waals surface area contributed by atoms with Crippen LogP contribution in [-0.4, -0.2) is 26.9 Å². The normalized spacial score (nSPS) is 11.8. The lowest BCUT2D eigenvalue weighted by atomic mass is 10.2. The molecule has 0 saturated heterocycles. The van der Waals surface area contributed by atoms with E-state index >= 15 is 0 Å². The van der Waals surface area contributed by atoms with Crippen LogP contribution in [0.15, 0.2) is 89.0 Å². The number of para-hydroxylation sites is 3. The van der Waals surface area contributed by atoms with Crippen molar-refractivity contribution in [3.8, 4) is 0 Å². The zero-order chi connectivity index (χ0) is 20.1. The standard InChI is InChI=1S/C21H16N6O2/c28-27(29)17-10-6-7-15(13-17)14-22-26-21(23-16-8-2-1-3-9-16)20-24-18-11-4-5-12-19(18)25-20/h1-14H,(H,23,26)(H,24,25)/b22-14+. The van der Waals surface area contributed by atoms with E-state index in [1.165, 1.54) is 18.3 Å². The summed E-state index contributed by atoms with van der Waals surface area (Å²) < 4.78 is 0. The maximum atomic E-state index is 10.9. The summed E-state index contributed by atoms with van der Waals surface area (Å²) in [4.78, 5) is 22.9. The fraction of sp³-hybridized carbons (Fsp3) is 0. The molecule has 0 amide bonds. The number of aliphatic imine (C=N–C) groups is 1. The first-order valence-corrected chi connectivity index (χ1v) is 8.81. The second-order valence-corrected chi connectivity index (χ2v) is 6.12. The van der Waals surface area contributed by atoms with Crippen LogP contribution in [0.2, 0.25) is 0 Å². The molecule has 0 aliphatic carbocycles. The van der Waals surface area contributed by atoms with Crippen molar-refractivity contribution in [2.24, 2.45) is 10.1 Å². The molecule has 0 fully saturated rings. The number of imidazole rings is 1. The third-order valence-corrected chi connectivity index (χ3v) is 4.08. The molecule has 2 N–H and O–H groups in total. The minimum Gasteiger partial charge on any atom is -0.335 e. The average Bonchev–Trinajstić information content (AvgIpc) is 3.18. The van der Waals surface area contributed by atoms with Crippen LogP contribution in [0.1, 0.15) is 11.4 Å². The highest BCUT2D eigenvalue weighted by molar-refractivity contribution is 6.00. The van der Waals surface area contributed by atoms with Crippen LogP contribution in [-0.2, 0) is 0 Å². The third kappa shape index (κ3) is 4.33. The minimum atomic E-state index is -0.443. The fourth-order valence-corrected chi connectivity index (χ4v) is 2.71. The van der Waals surface area contributed by atoms with E-state index in [4.69, 9.17) is 0 Å². The smallest absolute Gasteiger partial charge is 0.270 e. The SMILES string of the molecule is O=[N+]([O-])c1cccc(/C=N/NC(=Nc2ccccc2)c2nc3ccccc3[nH]2)c1. The highest BCUT2D eigenvalue weighted by Crippen LogP contribution is 2.15. The summed E-state index contributed by atoms with van der Waals surface area (Å²) in [5, 5.41) is 15.1. The highest BCUT2D eigenvalue weighted by atomic mass is 16.6. The van der Waals surface area contributed by atoms with Gasteiger partial charge in [0.25, 0.3) is 5.69 Å². The Balaban J connectivity index is 1.65. The van der Waals surface area contributed by atoms with Crippen LogP contribution in [0.3, 0.4) is 0 Å². The fourth-order valence-electron chi connectivity index (χ4n) is 2.71. The summed E-state index contributed by atoms with van der Waals surface area (Å²) in [6.45, 7) is 0. The first-order chi connectivity index (χ1) is 14.2. The van der Waals surface area contributed by atoms with Crippen molar-refractivity contribution in [3.05, 3.63) is 100 Å². The zero-order valence-electron chi connectivity index (χ0n) is 15.2. The van der Waals surface area contributed by atoms with Gasteiger partial charge in [0.05, 0.1) is 27.9 Å². The molecule has 4 rings (SSSR count). The second kappa shape index (κ2) is 8.13. The van der Waals surface area contributed by atoms with E-state index in [1.807, 2.05) is 54.6 Å². The number of hydrogen-bond donors (Lipinski definition) is 2. The molecular formula is C21H16N6O2. The van der Waals surface area contributed by atoms with Crippen LogP contribution >= 0.6 is 0 Å². The number of aromatic nitrogens is 2. The van der Waals surface area contributed by atoms with Gasteiger partial charge in [0.1, 0.15) is 0 Å². The molecule has 0 unspecified atom stereocenters. The van der Waals surface area contributed by atoms with Crippen molar-refractivity contribution in [3.63, 3.8) is 0 Å². The number of benzene rings is 3. The van der Waals surface area contributed by atoms with Gasteiger partial charge >= 0.3 is 0 Å². The van der Waals surface area contributed by atoms with Gasteiger partial charge < -0.3 is 4.98 Å². The van der Waals surface area contributed by atoms with Crippen molar-refractivity contribution in [2.45, 2.75) is 0 Å². The van der Waals surface area contributed by atoms with Gasteiger partial charge in [-0.3, -0.25) is 15.5 Å². The molecule has 4 aromatic rings. The van der Waals surface area contributed by atoms with Crippen molar-refractivity contribution >= 4 is 34.5 Å². The predicted molar refractivity (Wildman–Crippen MR) is 113 cm³/mol. The van der Waals surface area contributed by atoms with E-state index in [0.29, 0.717) is 17.2 Å². The topological polar surface area (TPSA) is 109 Å². The Bertz CT molecular complexity index is 1180. The van der Waals surface area contributed by atoms with Crippen LogP contribution < -0.4 is 5.43 Å². The number of hydrazone groups is 1. The number of nitrogens with zero attached hydrogens (tertiary/aromatic N) is 4. The Morgan fingerprint density at radius 1 is 1.03 bits per heavy atom. The number of non-ortho nitro benzene ring substituents is 1. The molecule has 0 radical (unpaired) electrons. The predicted octanol–water partition coefficient (Wildman–Crippen LogP) is 4.17. The quantitative estimate of drug-likeness (QED) is 0.233. The molecule has 3 aromatic carbocycles. The number of nitrogens with one attached hydrogen (secondary N) is 2. The van der Waals surface area contributed by atoms with Crippen LogP contribution in [0.25, 0.3) is 11.0 Å². The summed E-state index contributed by atoms with van der Waals surface area (Å²) in [6, 6.07) is 23.3. The van der Waals surface area contributed by atoms with Crippen LogP contribution in [0, 0.1) is 10.1 Å². The van der Waals surface area contributed by atoms with Gasteiger partial charge in [-0.1, -0.05) is 42.5 Å². The molecule has 1 heterocycles. The van der Waals surface area contributed by atoms with Crippen molar-refractivity contribution in [1.29, 1.82) is 0 Å². The lowest BCUT2D eigenvalue weighted by molar-refractivity contribution is -0.384. The molecule has 0 bridgehead atoms. The molecule has 29 heavy (non-hydrogen) atoms. The molecule has 142 valence electrons. The van der Waals surface area contributed by atoms with E-state index in [2.05, 4.69) is 25.5 Å². The summed E-state index contributed by atoms with van der Waals surface area (Å²) in [6.07, 6.45) is 1.50. The number of nitro groups is 1. The first kappa shape index (κ1) is 18.1. The van der Waals surface area contributed by atoms with Gasteiger partial charge in [-0.25, -0.2) is 9.98 Å². The number of rotatable bonds is 5. The molecule has 0 aliphatic heterocycles. The maximum absolute atomic E-state index is 10.9. The van der Waals surface area contributed by atoms with Gasteiger partial charge in [0.2, 0.25) is 0 Å². The molecule has 0 saturated carbocycles. The van der Waals surface area contributed by atoms with Gasteiger partial charge in [-0.15, -0.1) is 0 Å². The van der Waals surface area contributed by atoms with Crippen molar-refractivity contribution in [2.75, 3.05) is 0 Å². The Morgan fingerprint density at radius 2 is 1.83 bits per heavy atom. The number of fused-ring (bicyclic) bond motifs is 1. The van der Waals surface area contributed by atoms with E-state index in [9.17, 15) is 10.1 Å². The second-order valence-electron chi connectivity index (χ2n) is 6.12. The Labute approximate surface area is 165 Å². The average molecular weight is 384 g/mol. The Kier molecular flexibility index (Phi) is 5.06. The molecule has 1 aromatic heterocycles. The summed E-state index contributed by atoms with van der Waals surface area (Å²) in [7, 11) is 0. The minimum absolute atomic E-state index is 0.00408. The number of nitro benzene ring substituents is 1. The van der Waals surface area contributed by atoms with Crippen LogP contribution in [0.5, 0.6) is 0 Å². The molecule has 8 nitrogen and oxygen atoms in total. The van der Waals surface area contributed by atoms with Gasteiger partial charge in [0.15, 0.2) is 11.7 Å². The molecular weight excluding hydrogens is 368 g/mol. The molecule has 0 aliphatic rings. The van der Waals surface area contributed by atoms with Gasteiger partial charge in [0, 0.05) is 17.7 Å². The summed E-state index contributed by atoms with van der Waals surface area (Å²) in [5.74, 6) is 0.959. The van der Waals surface area contributed by atoms with Crippen molar-refractivity contribution in [1.82, 2.24) is 15.4 Å². The Morgan fingerprint density at radius 3 is 2.62 bits per heavy atom. The number of H-pyrrole nitrogens is 1. The van der Waals surface area contributed by atoms with E-state index < -0.39 is 4.92 Å². The Hall–Kier alpha value is -4.33. The van der Waals surface area contributed by atoms with Crippen molar-refractivity contribution < 1.29 is 4.92 Å². The summed E-state index contributed by atoms with van der Waals surface area (Å²) >= 11 is 0. The molecule has 8 heteroatoms. The molecule has 0 atom stereocenters. The highest BCUT2D eigenvalue weighted by Gasteiger charge is 2.10. The largest absolute Gasteiger partial charge is 0.335 e. The number of aromatic amines is 1. The summed E-state index contributed by atoms with van der Waals surface area (Å²) in [5.41, 5.74) is 5.93. The zero-order valence-corrected chi connectivity index (χ0v) is 15.2. The monoisotopic (exact) mass is 384 g/mol. The van der Waals surface area contributed by atoms with E-state index in [0.717, 1.165) is 16.7 Å². The first-order valence-electron chi connectivity index (χ1n) is 8.81. The van der Waals surface area contributed by atoms with E-state index in [1.54, 1.807) is 12.1 Å².